The zero-order valence-corrected chi connectivity index (χ0v) is 22.2. The number of anilines is 2. The molecular weight excluding hydrogens is 557 g/mol. The predicted molar refractivity (Wildman–Crippen MR) is 151 cm³/mol. The van der Waals surface area contributed by atoms with Crippen molar-refractivity contribution in [3.8, 4) is 0 Å². The minimum absolute atomic E-state index is 0.0825. The van der Waals surface area contributed by atoms with E-state index in [-0.39, 0.29) is 23.1 Å². The number of aliphatic hydroxyl groups excluding tert-OH is 2. The minimum atomic E-state index is -4.34. The molecule has 2 atom stereocenters. The lowest BCUT2D eigenvalue weighted by Crippen LogP contribution is -2.22. The molecule has 5 N–H and O–H groups in total. The van der Waals surface area contributed by atoms with Crippen LogP contribution < -0.4 is 5.32 Å². The fraction of sp³-hybridized carbons (Fsp3) is 0.148. The molecule has 7 rings (SSSR count). The number of allylic oxidation sites excluding steroid dienone is 1. The van der Waals surface area contributed by atoms with Crippen molar-refractivity contribution in [3.05, 3.63) is 77.7 Å². The average Bonchev–Trinajstić information content (AvgIpc) is 3.46. The Bertz CT molecular complexity index is 2020. The van der Waals surface area contributed by atoms with E-state index in [2.05, 4.69) is 56.7 Å². The number of aromatic nitrogens is 4. The molecule has 0 amide bonds. The highest BCUT2D eigenvalue weighted by atomic mass is 35.5. The van der Waals surface area contributed by atoms with E-state index in [1.54, 1.807) is 0 Å². The lowest BCUT2D eigenvalue weighted by atomic mass is 9.93. The molecule has 0 saturated carbocycles. The van der Waals surface area contributed by atoms with E-state index in [1.807, 2.05) is 18.2 Å². The molecule has 1 aliphatic rings. The zero-order chi connectivity index (χ0) is 27.8. The Labute approximate surface area is 230 Å². The number of hydrogen-bond acceptors (Lipinski definition) is 8. The van der Waals surface area contributed by atoms with Crippen LogP contribution in [0.3, 0.4) is 0 Å². The van der Waals surface area contributed by atoms with Crippen LogP contribution in [0.5, 0.6) is 0 Å². The van der Waals surface area contributed by atoms with Crippen LogP contribution in [0.15, 0.2) is 72.4 Å². The monoisotopic (exact) mass is 577 g/mol. The molecular formula is C27H21ClN5O6P. The van der Waals surface area contributed by atoms with E-state index in [9.17, 15) is 24.6 Å². The number of ether oxygens (including phenoxy) is 1. The van der Waals surface area contributed by atoms with Gasteiger partial charge in [0.25, 0.3) is 0 Å². The van der Waals surface area contributed by atoms with Gasteiger partial charge in [-0.25, -0.2) is 4.98 Å². The Balaban J connectivity index is 1.28. The third-order valence-electron chi connectivity index (χ3n) is 7.18. The van der Waals surface area contributed by atoms with Crippen molar-refractivity contribution in [1.29, 1.82) is 0 Å². The van der Waals surface area contributed by atoms with Crippen molar-refractivity contribution in [3.63, 3.8) is 0 Å². The number of hydrogen-bond donors (Lipinski definition) is 5. The molecule has 0 fully saturated rings. The number of nitrogens with zero attached hydrogens (tertiary/aromatic N) is 4. The van der Waals surface area contributed by atoms with Gasteiger partial charge >= 0.3 is 7.60 Å². The molecule has 11 nitrogen and oxygen atoms in total. The summed E-state index contributed by atoms with van der Waals surface area (Å²) < 4.78 is 18.4. The highest BCUT2D eigenvalue weighted by molar-refractivity contribution is 7.51. The summed E-state index contributed by atoms with van der Waals surface area (Å²) in [4.78, 5) is 31.5. The van der Waals surface area contributed by atoms with E-state index in [0.29, 0.717) is 11.3 Å². The topological polar surface area (TPSA) is 163 Å². The second-order valence-corrected chi connectivity index (χ2v) is 11.8. The molecule has 3 heterocycles. The Kier molecular flexibility index (Phi) is 5.64. The average molecular weight is 578 g/mol. The van der Waals surface area contributed by atoms with Crippen molar-refractivity contribution in [2.24, 2.45) is 0 Å². The molecule has 0 aliphatic carbocycles. The minimum Gasteiger partial charge on any atom is -0.506 e. The second kappa shape index (κ2) is 9.02. The Morgan fingerprint density at radius 1 is 1.00 bits per heavy atom. The maximum Gasteiger partial charge on any atom is 0.326 e. The number of halogens is 1. The molecule has 2 aromatic heterocycles. The first kappa shape index (κ1) is 25.0. The summed E-state index contributed by atoms with van der Waals surface area (Å²) in [5, 5.41) is 31.0. The Hall–Kier alpha value is -3.99. The normalized spacial score (nSPS) is 18.0. The molecule has 40 heavy (non-hydrogen) atoms. The smallest absolute Gasteiger partial charge is 0.326 e. The Morgan fingerprint density at radius 3 is 2.45 bits per heavy atom. The van der Waals surface area contributed by atoms with Crippen LogP contribution >= 0.6 is 19.2 Å². The van der Waals surface area contributed by atoms with E-state index >= 15 is 0 Å². The summed E-state index contributed by atoms with van der Waals surface area (Å²) in [6.45, 7) is 0. The molecule has 0 radical (unpaired) electrons. The van der Waals surface area contributed by atoms with E-state index < -0.39 is 31.8 Å². The molecule has 4 aromatic carbocycles. The van der Waals surface area contributed by atoms with Gasteiger partial charge < -0.3 is 30.1 Å². The van der Waals surface area contributed by atoms with Gasteiger partial charge in [-0.15, -0.1) is 0 Å². The van der Waals surface area contributed by atoms with E-state index in [1.165, 1.54) is 16.3 Å². The largest absolute Gasteiger partial charge is 0.506 e. The van der Waals surface area contributed by atoms with Gasteiger partial charge in [0.05, 0.1) is 6.16 Å². The highest BCUT2D eigenvalue weighted by Crippen LogP contribution is 2.42. The number of aliphatic hydroxyl groups is 2. The van der Waals surface area contributed by atoms with Crippen LogP contribution in [0.25, 0.3) is 43.5 Å². The maximum absolute atomic E-state index is 11.3. The third-order valence-corrected chi connectivity index (χ3v) is 8.15. The molecule has 0 spiro atoms. The number of benzene rings is 4. The molecule has 0 saturated heterocycles. The van der Waals surface area contributed by atoms with E-state index in [4.69, 9.17) is 16.3 Å². The van der Waals surface area contributed by atoms with Crippen LogP contribution in [0.2, 0.25) is 5.28 Å². The molecule has 1 unspecified atom stereocenters. The van der Waals surface area contributed by atoms with Gasteiger partial charge in [-0.3, -0.25) is 9.13 Å². The van der Waals surface area contributed by atoms with Crippen molar-refractivity contribution in [2.75, 3.05) is 11.5 Å². The fourth-order valence-electron chi connectivity index (χ4n) is 5.35. The first-order valence-electron chi connectivity index (χ1n) is 12.3. The highest BCUT2D eigenvalue weighted by Gasteiger charge is 2.38. The first-order valence-corrected chi connectivity index (χ1v) is 14.5. The summed E-state index contributed by atoms with van der Waals surface area (Å²) in [6.07, 6.45) is -2.11. The van der Waals surface area contributed by atoms with Crippen molar-refractivity contribution in [1.82, 2.24) is 19.5 Å². The van der Waals surface area contributed by atoms with Crippen LogP contribution in [0.4, 0.5) is 11.5 Å². The van der Waals surface area contributed by atoms with Crippen molar-refractivity contribution < 1.29 is 29.3 Å². The lowest BCUT2D eigenvalue weighted by molar-refractivity contribution is -0.00734. The number of fused-ring (bicyclic) bond motifs is 1. The third kappa shape index (κ3) is 4.02. The maximum atomic E-state index is 11.3. The van der Waals surface area contributed by atoms with Gasteiger partial charge in [-0.2, -0.15) is 9.97 Å². The quantitative estimate of drug-likeness (QED) is 0.0990. The second-order valence-electron chi connectivity index (χ2n) is 9.66. The Morgan fingerprint density at radius 2 is 1.70 bits per heavy atom. The molecule has 6 aromatic rings. The fourth-order valence-corrected chi connectivity index (χ4v) is 6.01. The summed E-state index contributed by atoms with van der Waals surface area (Å²) >= 11 is 6.31. The number of rotatable bonds is 6. The van der Waals surface area contributed by atoms with Crippen molar-refractivity contribution in [2.45, 2.75) is 18.8 Å². The summed E-state index contributed by atoms with van der Waals surface area (Å²) in [5.74, 6) is -0.294. The number of imidazole rings is 1. The predicted octanol–water partition coefficient (Wildman–Crippen LogP) is 5.35. The summed E-state index contributed by atoms with van der Waals surface area (Å²) in [5.41, 5.74) is 1.36. The SMILES string of the molecule is O=P(O)(O)CCC1=C(O)C(O)[C@H](n2cnc3c(Nc4ccc5ccc6cccc7ccc4c5c67)nc(Cl)nc32)O1. The van der Waals surface area contributed by atoms with E-state index in [0.717, 1.165) is 32.6 Å². The van der Waals surface area contributed by atoms with Gasteiger partial charge in [0.2, 0.25) is 11.5 Å². The molecule has 1 aliphatic heterocycles. The lowest BCUT2D eigenvalue weighted by Gasteiger charge is -2.18. The summed E-state index contributed by atoms with van der Waals surface area (Å²) in [6, 6.07) is 18.6. The van der Waals surface area contributed by atoms with Gasteiger partial charge in [-0.1, -0.05) is 48.5 Å². The first-order chi connectivity index (χ1) is 19.2. The zero-order valence-electron chi connectivity index (χ0n) is 20.6. The van der Waals surface area contributed by atoms with Crippen molar-refractivity contribution >= 4 is 74.2 Å². The van der Waals surface area contributed by atoms with Gasteiger partial charge in [-0.05, 0) is 44.6 Å². The van der Waals surface area contributed by atoms with Crippen LogP contribution in [0.1, 0.15) is 12.6 Å². The summed E-state index contributed by atoms with van der Waals surface area (Å²) in [7, 11) is -4.34. The van der Waals surface area contributed by atoms with Gasteiger partial charge in [0.15, 0.2) is 28.8 Å². The molecule has 13 heteroatoms. The van der Waals surface area contributed by atoms with Crippen LogP contribution in [-0.2, 0) is 9.30 Å². The van der Waals surface area contributed by atoms with Crippen LogP contribution in [-0.4, -0.2) is 51.8 Å². The van der Waals surface area contributed by atoms with Crippen LogP contribution in [0, 0.1) is 0 Å². The standard InChI is InChI=1S/C27H21ClN5O6P/c28-27-31-24(30-17-9-7-15-5-4-13-2-1-3-14-6-8-16(17)20(15)19(13)14)21-25(32-27)33(12-29-21)26-23(35)22(34)18(39-26)10-11-40(36,37)38/h1-9,12,23,26,34-35H,10-11H2,(H,30,31,32)(H2,36,37,38)/t23?,26-/m1/s1. The molecule has 0 bridgehead atoms. The number of nitrogens with one attached hydrogen (secondary N) is 1. The molecule has 202 valence electrons. The van der Waals surface area contributed by atoms with Gasteiger partial charge in [0.1, 0.15) is 12.1 Å². The van der Waals surface area contributed by atoms with Gasteiger partial charge in [0, 0.05) is 17.5 Å².